The second-order valence-electron chi connectivity index (χ2n) is 6.48. The van der Waals surface area contributed by atoms with E-state index in [1.54, 1.807) is 7.11 Å². The van der Waals surface area contributed by atoms with Gasteiger partial charge >= 0.3 is 0 Å². The number of carbonyl (C=O) groups is 1. The summed E-state index contributed by atoms with van der Waals surface area (Å²) in [6.45, 7) is 2.41. The molecule has 1 amide bonds. The van der Waals surface area contributed by atoms with Crippen molar-refractivity contribution in [1.82, 2.24) is 10.2 Å². The number of β-amino-alcohol motifs (C(OH)–C–C–N with tert-alkyl or cyclic N) is 1. The lowest BCUT2D eigenvalue weighted by Gasteiger charge is -2.33. The third kappa shape index (κ3) is 5.24. The molecule has 2 aliphatic rings. The summed E-state index contributed by atoms with van der Waals surface area (Å²) >= 11 is 0. The number of methoxy groups -OCH3 is 1. The number of aliphatic hydroxyl groups is 1. The molecule has 2 N–H and O–H groups in total. The minimum atomic E-state index is -0.266. The van der Waals surface area contributed by atoms with Crippen LogP contribution in [0.25, 0.3) is 0 Å². The summed E-state index contributed by atoms with van der Waals surface area (Å²) in [5.74, 6) is 0.734. The first kappa shape index (κ1) is 16.7. The summed E-state index contributed by atoms with van der Waals surface area (Å²) in [5.41, 5.74) is 0. The highest BCUT2D eigenvalue weighted by Crippen LogP contribution is 2.34. The first-order chi connectivity index (χ1) is 10.2. The molecule has 0 radical (unpaired) electrons. The van der Waals surface area contributed by atoms with E-state index in [0.717, 1.165) is 12.8 Å². The van der Waals surface area contributed by atoms with E-state index < -0.39 is 0 Å². The summed E-state index contributed by atoms with van der Waals surface area (Å²) in [5, 5.41) is 12.9. The van der Waals surface area contributed by atoms with Gasteiger partial charge in [-0.15, -0.1) is 0 Å². The molecule has 0 aromatic heterocycles. The van der Waals surface area contributed by atoms with Crippen LogP contribution in [0.2, 0.25) is 0 Å². The van der Waals surface area contributed by atoms with Gasteiger partial charge in [-0.1, -0.05) is 19.3 Å². The number of amides is 1. The quantitative estimate of drug-likeness (QED) is 0.692. The van der Waals surface area contributed by atoms with E-state index in [0.29, 0.717) is 38.2 Å². The molecule has 0 aromatic rings. The summed E-state index contributed by atoms with van der Waals surface area (Å²) in [7, 11) is 1.67. The number of ether oxygens (including phenoxy) is 1. The van der Waals surface area contributed by atoms with E-state index in [9.17, 15) is 9.90 Å². The summed E-state index contributed by atoms with van der Waals surface area (Å²) in [6, 6.07) is 0.394. The predicted molar refractivity (Wildman–Crippen MR) is 82.1 cm³/mol. The van der Waals surface area contributed by atoms with Gasteiger partial charge in [0.2, 0.25) is 5.91 Å². The van der Waals surface area contributed by atoms with Crippen LogP contribution in [0, 0.1) is 5.92 Å². The highest BCUT2D eigenvalue weighted by molar-refractivity contribution is 5.78. The summed E-state index contributed by atoms with van der Waals surface area (Å²) in [4.78, 5) is 14.2. The van der Waals surface area contributed by atoms with Crippen LogP contribution < -0.4 is 5.32 Å². The second kappa shape index (κ2) is 8.71. The van der Waals surface area contributed by atoms with Crippen molar-refractivity contribution in [1.29, 1.82) is 0 Å². The van der Waals surface area contributed by atoms with Gasteiger partial charge in [0.25, 0.3) is 0 Å². The zero-order valence-corrected chi connectivity index (χ0v) is 13.2. The van der Waals surface area contributed by atoms with E-state index in [2.05, 4.69) is 10.2 Å². The Kier molecular flexibility index (Phi) is 6.93. The van der Waals surface area contributed by atoms with Crippen molar-refractivity contribution < 1.29 is 14.6 Å². The number of carbonyl (C=O) groups excluding carboxylic acids is 1. The normalized spacial score (nSPS) is 27.9. The van der Waals surface area contributed by atoms with E-state index >= 15 is 0 Å². The van der Waals surface area contributed by atoms with Crippen LogP contribution >= 0.6 is 0 Å². The molecule has 2 atom stereocenters. The van der Waals surface area contributed by atoms with Crippen molar-refractivity contribution >= 4 is 5.91 Å². The molecule has 2 unspecified atom stereocenters. The van der Waals surface area contributed by atoms with Gasteiger partial charge in [-0.25, -0.2) is 0 Å². The largest absolute Gasteiger partial charge is 0.392 e. The standard InChI is InChI=1S/C16H30N2O3/c1-21-9-5-8-17-16(20)12-18-11-14(19)10-15(18)13-6-3-2-4-7-13/h13-15,19H,2-12H2,1H3,(H,17,20). The summed E-state index contributed by atoms with van der Waals surface area (Å²) < 4.78 is 4.97. The molecule has 0 aromatic carbocycles. The molecule has 5 nitrogen and oxygen atoms in total. The van der Waals surface area contributed by atoms with Crippen LogP contribution in [0.3, 0.4) is 0 Å². The third-order valence-corrected chi connectivity index (χ3v) is 4.82. The SMILES string of the molecule is COCCCNC(=O)CN1CC(O)CC1C1CCCCC1. The Morgan fingerprint density at radius 2 is 2.10 bits per heavy atom. The summed E-state index contributed by atoms with van der Waals surface area (Å²) in [6.07, 6.45) is 7.86. The zero-order chi connectivity index (χ0) is 15.1. The van der Waals surface area contributed by atoms with Crippen molar-refractivity contribution in [2.24, 2.45) is 5.92 Å². The van der Waals surface area contributed by atoms with Crippen LogP contribution in [0.1, 0.15) is 44.9 Å². The Bertz CT molecular complexity index is 319. The molecule has 1 aliphatic carbocycles. The Balaban J connectivity index is 1.77. The highest BCUT2D eigenvalue weighted by Gasteiger charge is 2.37. The topological polar surface area (TPSA) is 61.8 Å². The van der Waals surface area contributed by atoms with Crippen LogP contribution in [-0.2, 0) is 9.53 Å². The van der Waals surface area contributed by atoms with E-state index in [1.165, 1.54) is 32.1 Å². The minimum absolute atomic E-state index is 0.0704. The minimum Gasteiger partial charge on any atom is -0.392 e. The van der Waals surface area contributed by atoms with Gasteiger partial charge in [-0.3, -0.25) is 9.69 Å². The van der Waals surface area contributed by atoms with Gasteiger partial charge in [-0.2, -0.15) is 0 Å². The molecule has 2 rings (SSSR count). The number of hydrogen-bond donors (Lipinski definition) is 2. The van der Waals surface area contributed by atoms with Crippen molar-refractivity contribution in [2.75, 3.05) is 33.4 Å². The van der Waals surface area contributed by atoms with Gasteiger partial charge < -0.3 is 15.2 Å². The number of rotatable bonds is 7. The van der Waals surface area contributed by atoms with E-state index in [4.69, 9.17) is 4.74 Å². The average Bonchev–Trinajstić information content (AvgIpc) is 2.85. The fourth-order valence-corrected chi connectivity index (χ4v) is 3.78. The zero-order valence-electron chi connectivity index (χ0n) is 13.2. The van der Waals surface area contributed by atoms with Crippen LogP contribution in [0.5, 0.6) is 0 Å². The number of nitrogens with zero attached hydrogens (tertiary/aromatic N) is 1. The molecule has 5 heteroatoms. The van der Waals surface area contributed by atoms with Gasteiger partial charge in [0.15, 0.2) is 0 Å². The van der Waals surface area contributed by atoms with Crippen LogP contribution in [0.15, 0.2) is 0 Å². The molecule has 1 heterocycles. The Morgan fingerprint density at radius 1 is 1.33 bits per heavy atom. The molecule has 0 bridgehead atoms. The van der Waals surface area contributed by atoms with Gasteiger partial charge in [0.1, 0.15) is 0 Å². The average molecular weight is 298 g/mol. The van der Waals surface area contributed by atoms with Crippen molar-refractivity contribution in [3.63, 3.8) is 0 Å². The molecule has 0 spiro atoms. The molecule has 1 aliphatic heterocycles. The molecule has 122 valence electrons. The number of aliphatic hydroxyl groups excluding tert-OH is 1. The lowest BCUT2D eigenvalue weighted by Crippen LogP contribution is -2.43. The molecule has 1 saturated carbocycles. The Labute approximate surface area is 128 Å². The van der Waals surface area contributed by atoms with Gasteiger partial charge in [0.05, 0.1) is 12.6 Å². The van der Waals surface area contributed by atoms with E-state index in [1.807, 2.05) is 0 Å². The second-order valence-corrected chi connectivity index (χ2v) is 6.48. The lowest BCUT2D eigenvalue weighted by atomic mass is 9.83. The predicted octanol–water partition coefficient (Wildman–Crippen LogP) is 1.15. The Morgan fingerprint density at radius 3 is 2.81 bits per heavy atom. The highest BCUT2D eigenvalue weighted by atomic mass is 16.5. The lowest BCUT2D eigenvalue weighted by molar-refractivity contribution is -0.122. The van der Waals surface area contributed by atoms with Crippen molar-refractivity contribution in [3.8, 4) is 0 Å². The molecule has 2 fully saturated rings. The molecular weight excluding hydrogens is 268 g/mol. The van der Waals surface area contributed by atoms with Crippen LogP contribution in [-0.4, -0.2) is 61.4 Å². The Hall–Kier alpha value is -0.650. The van der Waals surface area contributed by atoms with E-state index in [-0.39, 0.29) is 12.0 Å². The smallest absolute Gasteiger partial charge is 0.234 e. The van der Waals surface area contributed by atoms with Gasteiger partial charge in [0, 0.05) is 32.8 Å². The van der Waals surface area contributed by atoms with Crippen LogP contribution in [0.4, 0.5) is 0 Å². The number of nitrogens with one attached hydrogen (secondary N) is 1. The maximum Gasteiger partial charge on any atom is 0.234 e. The third-order valence-electron chi connectivity index (χ3n) is 4.82. The monoisotopic (exact) mass is 298 g/mol. The number of hydrogen-bond acceptors (Lipinski definition) is 4. The van der Waals surface area contributed by atoms with Crippen molar-refractivity contribution in [3.05, 3.63) is 0 Å². The molecule has 21 heavy (non-hydrogen) atoms. The fourth-order valence-electron chi connectivity index (χ4n) is 3.78. The maximum absolute atomic E-state index is 12.0. The first-order valence-corrected chi connectivity index (χ1v) is 8.38. The maximum atomic E-state index is 12.0. The van der Waals surface area contributed by atoms with Crippen molar-refractivity contribution in [2.45, 2.75) is 57.1 Å². The molecular formula is C16H30N2O3. The fraction of sp³-hybridized carbons (Fsp3) is 0.938. The molecule has 1 saturated heterocycles. The van der Waals surface area contributed by atoms with Gasteiger partial charge in [-0.05, 0) is 31.6 Å². The first-order valence-electron chi connectivity index (χ1n) is 8.38. The number of likely N-dealkylation sites (tertiary alicyclic amines) is 1.